The quantitative estimate of drug-likeness (QED) is 0.0848. The van der Waals surface area contributed by atoms with Crippen molar-refractivity contribution in [1.29, 1.82) is 0 Å². The molecule has 0 radical (unpaired) electrons. The molecule has 2 atom stereocenters. The van der Waals surface area contributed by atoms with Crippen LogP contribution in [0.1, 0.15) is 80.6 Å². The highest BCUT2D eigenvalue weighted by Gasteiger charge is 2.51. The number of ether oxygens (including phenoxy) is 2. The summed E-state index contributed by atoms with van der Waals surface area (Å²) in [6.07, 6.45) is 3.47. The third-order valence-corrected chi connectivity index (χ3v) is 18.5. The fourth-order valence-electron chi connectivity index (χ4n) is 14.4. The fourth-order valence-corrected chi connectivity index (χ4v) is 14.4. The van der Waals surface area contributed by atoms with E-state index in [9.17, 15) is 0 Å². The maximum atomic E-state index is 17.4. The molecule has 0 bridgehead atoms. The number of halogens is 6. The van der Waals surface area contributed by atoms with Crippen molar-refractivity contribution >= 4 is 29.2 Å². The van der Waals surface area contributed by atoms with E-state index in [2.05, 4.69) is 56.2 Å². The van der Waals surface area contributed by atoms with Crippen molar-refractivity contribution in [3.05, 3.63) is 364 Å². The van der Waals surface area contributed by atoms with Gasteiger partial charge >= 0.3 is 0 Å². The Hall–Kier alpha value is -10.9. The van der Waals surface area contributed by atoms with Gasteiger partial charge in [0.15, 0.2) is 23.3 Å². The first-order valence-electron chi connectivity index (χ1n) is 29.6. The summed E-state index contributed by atoms with van der Waals surface area (Å²) < 4.78 is 112. The molecule has 0 aliphatic heterocycles. The molecule has 15 rings (SSSR count). The number of hydrogen-bond acceptors (Lipinski definition) is 3. The van der Waals surface area contributed by atoms with E-state index in [1.165, 1.54) is 0 Å². The molecule has 3 nitrogen and oxygen atoms in total. The Labute approximate surface area is 517 Å². The van der Waals surface area contributed by atoms with Crippen LogP contribution in [-0.2, 0) is 16.2 Å². The van der Waals surface area contributed by atoms with Crippen molar-refractivity contribution in [2.45, 2.75) is 30.1 Å². The minimum absolute atomic E-state index is 0.243. The maximum Gasteiger partial charge on any atom is 0.163 e. The zero-order valence-corrected chi connectivity index (χ0v) is 48.8. The Kier molecular flexibility index (Phi) is 13.1. The summed E-state index contributed by atoms with van der Waals surface area (Å²) in [5, 5.41) is 0. The summed E-state index contributed by atoms with van der Waals surface area (Å²) in [5.74, 6) is -5.00. The molecule has 3 aliphatic carbocycles. The molecule has 12 aromatic rings. The van der Waals surface area contributed by atoms with Crippen molar-refractivity contribution in [3.63, 3.8) is 0 Å². The van der Waals surface area contributed by atoms with Crippen LogP contribution in [0.2, 0.25) is 0 Å². The van der Waals surface area contributed by atoms with E-state index in [-0.39, 0.29) is 11.1 Å². The molecule has 0 N–H and O–H groups in total. The molecule has 0 saturated heterocycles. The van der Waals surface area contributed by atoms with E-state index in [4.69, 9.17) is 9.47 Å². The molecular weight excluding hydrogens is 1130 g/mol. The fraction of sp³-hybridized carbons (Fsp3) is 0.0617. The second kappa shape index (κ2) is 21.2. The number of hydrogen-bond donors (Lipinski definition) is 0. The first-order chi connectivity index (χ1) is 43.7. The number of benzene rings is 12. The Morgan fingerprint density at radius 1 is 0.322 bits per heavy atom. The number of fused-ring (bicyclic) bond motifs is 9. The molecule has 2 unspecified atom stereocenters. The largest absolute Gasteiger partial charge is 0.457 e. The highest BCUT2D eigenvalue weighted by molar-refractivity contribution is 5.93. The highest BCUT2D eigenvalue weighted by Crippen LogP contribution is 2.61. The van der Waals surface area contributed by atoms with Gasteiger partial charge in [-0.05, 0) is 186 Å². The molecule has 12 aromatic carbocycles. The first kappa shape index (κ1) is 55.7. The van der Waals surface area contributed by atoms with Gasteiger partial charge in [-0.25, -0.2) is 26.3 Å². The summed E-state index contributed by atoms with van der Waals surface area (Å²) in [6.45, 7) is 12.1. The van der Waals surface area contributed by atoms with Crippen LogP contribution in [0.5, 0.6) is 23.0 Å². The standard InChI is InChI=1S/C81H53F6NO2/c1-5-48-19-30-57(31-20-48)89-59-34-23-50(24-35-59)80(73-41-52(82)43-75(84)77(73)86)68-17-11-8-14-62(68)65-39-28-55(46-71(65)80)88(54-27-38-64-61-13-7-10-16-67(61)79(3,4)70(64)45-54)56-29-40-66-63-15-9-12-18-69(63)81(72(66)47-56,74-42-53(83)44-76(85)78(74)87)51-25-36-60(37-26-51)90-58-32-21-49(6-2)22-33-58/h5-47H,1-2H2,3-4H3. The topological polar surface area (TPSA) is 21.7 Å². The number of nitrogens with zero attached hydrogens (tertiary/aromatic N) is 1. The Morgan fingerprint density at radius 3 is 1.03 bits per heavy atom. The average molecular weight is 1190 g/mol. The normalized spacial score (nSPS) is 16.0. The van der Waals surface area contributed by atoms with Crippen LogP contribution in [0.15, 0.2) is 262 Å². The van der Waals surface area contributed by atoms with E-state index >= 15 is 26.3 Å². The monoisotopic (exact) mass is 1190 g/mol. The minimum Gasteiger partial charge on any atom is -0.457 e. The summed E-state index contributed by atoms with van der Waals surface area (Å²) in [5.41, 5.74) is 9.74. The lowest BCUT2D eigenvalue weighted by Gasteiger charge is -2.36. The molecular formula is C81H53F6NO2. The van der Waals surface area contributed by atoms with Gasteiger partial charge in [0, 0.05) is 45.7 Å². The molecule has 3 aliphatic rings. The SMILES string of the molecule is C=Cc1ccc(Oc2ccc(C3(c4cc(F)cc(F)c4F)c4ccccc4-c4ccc(N(c5ccc6c(c5)C(C)(C)c5ccccc5-6)c5ccc6c(c5)C(c5ccc(Oc7ccc(C=C)cc7)cc5)(c5cc(F)cc(F)c5F)c5ccccc5-6)cc43)cc2)cc1. The molecule has 0 fully saturated rings. The van der Waals surface area contributed by atoms with Crippen LogP contribution in [0.25, 0.3) is 45.5 Å². The number of rotatable bonds is 13. The van der Waals surface area contributed by atoms with Crippen molar-refractivity contribution < 1.29 is 35.8 Å². The third kappa shape index (κ3) is 8.51. The van der Waals surface area contributed by atoms with Gasteiger partial charge in [0.1, 0.15) is 34.6 Å². The zero-order chi connectivity index (χ0) is 61.8. The van der Waals surface area contributed by atoms with Crippen molar-refractivity contribution in [2.75, 3.05) is 4.90 Å². The second-order valence-electron chi connectivity index (χ2n) is 23.6. The van der Waals surface area contributed by atoms with Crippen LogP contribution in [0.3, 0.4) is 0 Å². The predicted molar refractivity (Wildman–Crippen MR) is 346 cm³/mol. The molecule has 0 spiro atoms. The highest BCUT2D eigenvalue weighted by atomic mass is 19.2. The second-order valence-corrected chi connectivity index (χ2v) is 23.6. The molecule has 0 aromatic heterocycles. The van der Waals surface area contributed by atoms with E-state index < -0.39 is 51.1 Å². The summed E-state index contributed by atoms with van der Waals surface area (Å²) >= 11 is 0. The van der Waals surface area contributed by atoms with Crippen LogP contribution < -0.4 is 14.4 Å². The summed E-state index contributed by atoms with van der Waals surface area (Å²) in [6, 6.07) is 73.8. The molecule has 9 heteroatoms. The van der Waals surface area contributed by atoms with Gasteiger partial charge in [0.2, 0.25) is 0 Å². The smallest absolute Gasteiger partial charge is 0.163 e. The van der Waals surface area contributed by atoms with Gasteiger partial charge in [0.05, 0.1) is 10.8 Å². The minimum atomic E-state index is -1.69. The van der Waals surface area contributed by atoms with Crippen LogP contribution in [0, 0.1) is 34.9 Å². The van der Waals surface area contributed by atoms with Crippen LogP contribution >= 0.6 is 0 Å². The van der Waals surface area contributed by atoms with Crippen molar-refractivity contribution in [1.82, 2.24) is 0 Å². The lowest BCUT2D eigenvalue weighted by Crippen LogP contribution is -2.31. The van der Waals surface area contributed by atoms with Gasteiger partial charge in [-0.15, -0.1) is 0 Å². The maximum absolute atomic E-state index is 17.4. The van der Waals surface area contributed by atoms with E-state index in [0.717, 1.165) is 56.6 Å². The van der Waals surface area contributed by atoms with Gasteiger partial charge in [-0.2, -0.15) is 0 Å². The number of anilines is 3. The Bertz CT molecular complexity index is 4660. The Balaban J connectivity index is 0.978. The Morgan fingerprint density at radius 2 is 0.644 bits per heavy atom. The van der Waals surface area contributed by atoms with E-state index in [0.29, 0.717) is 96.7 Å². The van der Waals surface area contributed by atoms with Crippen LogP contribution in [-0.4, -0.2) is 0 Å². The third-order valence-electron chi connectivity index (χ3n) is 18.5. The van der Waals surface area contributed by atoms with Gasteiger partial charge in [-0.1, -0.05) is 179 Å². The van der Waals surface area contributed by atoms with Gasteiger partial charge in [-0.3, -0.25) is 0 Å². The molecule has 0 saturated carbocycles. The summed E-state index contributed by atoms with van der Waals surface area (Å²) in [4.78, 5) is 2.07. The van der Waals surface area contributed by atoms with Crippen molar-refractivity contribution in [3.8, 4) is 56.4 Å². The van der Waals surface area contributed by atoms with E-state index in [1.807, 2.05) is 152 Å². The zero-order valence-electron chi connectivity index (χ0n) is 48.8. The first-order valence-corrected chi connectivity index (χ1v) is 29.6. The lowest BCUT2D eigenvalue weighted by atomic mass is 9.67. The molecule has 0 heterocycles. The summed E-state index contributed by atoms with van der Waals surface area (Å²) in [7, 11) is 0. The molecule has 90 heavy (non-hydrogen) atoms. The van der Waals surface area contributed by atoms with Crippen LogP contribution in [0.4, 0.5) is 43.4 Å². The predicted octanol–water partition coefficient (Wildman–Crippen LogP) is 21.9. The van der Waals surface area contributed by atoms with Gasteiger partial charge in [0.25, 0.3) is 0 Å². The molecule has 0 amide bonds. The lowest BCUT2D eigenvalue weighted by molar-refractivity contribution is 0.473. The van der Waals surface area contributed by atoms with Gasteiger partial charge < -0.3 is 14.4 Å². The average Bonchev–Trinajstić information content (AvgIpc) is 1.51. The molecule has 436 valence electrons. The van der Waals surface area contributed by atoms with E-state index in [1.54, 1.807) is 60.7 Å². The van der Waals surface area contributed by atoms with Crippen molar-refractivity contribution in [2.24, 2.45) is 0 Å².